The molecule has 1 heterocycles. The fraction of sp³-hybridized carbons (Fsp3) is 0.286. The zero-order chi connectivity index (χ0) is 9.68. The van der Waals surface area contributed by atoms with Crippen LogP contribution in [0.3, 0.4) is 0 Å². The smallest absolute Gasteiger partial charge is 0.189 e. The Bertz CT molecular complexity index is 290. The molecule has 0 bridgehead atoms. The zero-order valence-electron chi connectivity index (χ0n) is 7.48. The van der Waals surface area contributed by atoms with Crippen molar-refractivity contribution in [1.82, 2.24) is 20.3 Å². The van der Waals surface area contributed by atoms with Crippen molar-refractivity contribution in [3.8, 4) is 0 Å². The van der Waals surface area contributed by atoms with Crippen molar-refractivity contribution < 1.29 is 0 Å². The number of hydrogen-bond acceptors (Lipinski definition) is 3. The second-order valence-electron chi connectivity index (χ2n) is 2.58. The van der Waals surface area contributed by atoms with E-state index >= 15 is 0 Å². The summed E-state index contributed by atoms with van der Waals surface area (Å²) in [5.74, 6) is 0. The van der Waals surface area contributed by atoms with Crippen LogP contribution < -0.4 is 5.43 Å². The van der Waals surface area contributed by atoms with Gasteiger partial charge in [0.2, 0.25) is 0 Å². The molecule has 0 spiro atoms. The van der Waals surface area contributed by atoms with Gasteiger partial charge in [-0.05, 0) is 12.2 Å². The summed E-state index contributed by atoms with van der Waals surface area (Å²) < 4.78 is 0. The van der Waals surface area contributed by atoms with E-state index in [1.165, 1.54) is 0 Å². The Kier molecular flexibility index (Phi) is 3.39. The van der Waals surface area contributed by atoms with Gasteiger partial charge in [0.25, 0.3) is 0 Å². The maximum absolute atomic E-state index is 4.95. The van der Waals surface area contributed by atoms with Crippen LogP contribution in [0.4, 0.5) is 0 Å². The first-order chi connectivity index (χ1) is 6.20. The van der Waals surface area contributed by atoms with Crippen LogP contribution in [0, 0.1) is 0 Å². The first-order valence-corrected chi connectivity index (χ1v) is 4.09. The molecule has 0 saturated carbocycles. The molecule has 70 valence electrons. The third-order valence-corrected chi connectivity index (χ3v) is 1.75. The molecule has 6 heteroatoms. The van der Waals surface area contributed by atoms with Gasteiger partial charge in [0.05, 0.1) is 24.4 Å². The molecule has 1 aromatic rings. The molecule has 0 saturated heterocycles. The lowest BCUT2D eigenvalue weighted by molar-refractivity contribution is 0.606. The number of nitrogens with zero attached hydrogens (tertiary/aromatic N) is 3. The van der Waals surface area contributed by atoms with Gasteiger partial charge in [-0.15, -0.1) is 0 Å². The minimum atomic E-state index is 0.566. The van der Waals surface area contributed by atoms with Gasteiger partial charge in [0, 0.05) is 14.1 Å². The summed E-state index contributed by atoms with van der Waals surface area (Å²) in [4.78, 5) is 8.48. The van der Waals surface area contributed by atoms with E-state index in [1.807, 2.05) is 14.1 Å². The van der Waals surface area contributed by atoms with Crippen LogP contribution in [0.2, 0.25) is 0 Å². The van der Waals surface area contributed by atoms with Crippen molar-refractivity contribution in [2.24, 2.45) is 5.10 Å². The molecule has 13 heavy (non-hydrogen) atoms. The van der Waals surface area contributed by atoms with Gasteiger partial charge in [0.1, 0.15) is 0 Å². The van der Waals surface area contributed by atoms with Crippen molar-refractivity contribution in [2.75, 3.05) is 14.1 Å². The molecule has 5 nitrogen and oxygen atoms in total. The number of rotatable bonds is 2. The molecule has 0 aromatic carbocycles. The van der Waals surface area contributed by atoms with E-state index < -0.39 is 0 Å². The van der Waals surface area contributed by atoms with E-state index in [0.29, 0.717) is 5.11 Å². The monoisotopic (exact) mass is 197 g/mol. The lowest BCUT2D eigenvalue weighted by atomic mass is 10.5. The highest BCUT2D eigenvalue weighted by atomic mass is 32.1. The Morgan fingerprint density at radius 2 is 2.54 bits per heavy atom. The average Bonchev–Trinajstić information content (AvgIpc) is 2.56. The van der Waals surface area contributed by atoms with Gasteiger partial charge in [-0.2, -0.15) is 5.10 Å². The number of H-pyrrole nitrogens is 1. The Hall–Kier alpha value is -1.43. The standard InChI is InChI=1S/C7H11N5S/c1-12(2)7(13)11-10-4-6-3-8-5-9-6/h3-5H,1-2H3,(H,8,9)(H,11,13)/b10-4+. The van der Waals surface area contributed by atoms with Crippen LogP contribution >= 0.6 is 12.2 Å². The van der Waals surface area contributed by atoms with E-state index in [4.69, 9.17) is 12.2 Å². The fourth-order valence-corrected chi connectivity index (χ4v) is 0.647. The summed E-state index contributed by atoms with van der Waals surface area (Å²) in [6.45, 7) is 0. The van der Waals surface area contributed by atoms with Crippen LogP contribution in [0.5, 0.6) is 0 Å². The summed E-state index contributed by atoms with van der Waals surface area (Å²) >= 11 is 4.95. The molecule has 2 N–H and O–H groups in total. The van der Waals surface area contributed by atoms with Gasteiger partial charge < -0.3 is 9.88 Å². The van der Waals surface area contributed by atoms with E-state index in [9.17, 15) is 0 Å². The number of nitrogens with one attached hydrogen (secondary N) is 2. The van der Waals surface area contributed by atoms with Crippen LogP contribution in [0.1, 0.15) is 5.69 Å². The van der Waals surface area contributed by atoms with Gasteiger partial charge in [-0.25, -0.2) is 4.98 Å². The van der Waals surface area contributed by atoms with Crippen molar-refractivity contribution in [2.45, 2.75) is 0 Å². The van der Waals surface area contributed by atoms with Crippen molar-refractivity contribution >= 4 is 23.5 Å². The highest BCUT2D eigenvalue weighted by molar-refractivity contribution is 7.80. The molecule has 0 unspecified atom stereocenters. The van der Waals surface area contributed by atoms with E-state index in [-0.39, 0.29) is 0 Å². The topological polar surface area (TPSA) is 56.3 Å². The average molecular weight is 197 g/mol. The molecule has 1 aromatic heterocycles. The molecule has 0 aliphatic carbocycles. The minimum Gasteiger partial charge on any atom is -0.354 e. The quantitative estimate of drug-likeness (QED) is 0.403. The fourth-order valence-electron chi connectivity index (χ4n) is 0.594. The number of aromatic nitrogens is 2. The number of imidazole rings is 1. The van der Waals surface area contributed by atoms with E-state index in [2.05, 4.69) is 20.5 Å². The first kappa shape index (κ1) is 9.66. The van der Waals surface area contributed by atoms with Crippen LogP contribution in [-0.4, -0.2) is 40.3 Å². The molecule has 0 amide bonds. The molecule has 0 aliphatic rings. The second-order valence-corrected chi connectivity index (χ2v) is 2.96. The predicted octanol–water partition coefficient (Wildman–Crippen LogP) is 0.180. The lowest BCUT2D eigenvalue weighted by Crippen LogP contribution is -2.30. The second kappa shape index (κ2) is 4.56. The molecule has 0 atom stereocenters. The minimum absolute atomic E-state index is 0.566. The molecule has 0 fully saturated rings. The summed E-state index contributed by atoms with van der Waals surface area (Å²) in [6, 6.07) is 0. The third kappa shape index (κ3) is 3.20. The summed E-state index contributed by atoms with van der Waals surface area (Å²) in [5, 5.41) is 4.47. The lowest BCUT2D eigenvalue weighted by Gasteiger charge is -2.11. The number of aromatic amines is 1. The van der Waals surface area contributed by atoms with Crippen molar-refractivity contribution in [3.63, 3.8) is 0 Å². The summed E-state index contributed by atoms with van der Waals surface area (Å²) in [7, 11) is 3.70. The van der Waals surface area contributed by atoms with Crippen LogP contribution in [0.25, 0.3) is 0 Å². The Balaban J connectivity index is 2.39. The highest BCUT2D eigenvalue weighted by Crippen LogP contribution is 1.84. The van der Waals surface area contributed by atoms with E-state index in [0.717, 1.165) is 5.69 Å². The Labute approximate surface area is 81.9 Å². The zero-order valence-corrected chi connectivity index (χ0v) is 8.30. The summed E-state index contributed by atoms with van der Waals surface area (Å²) in [5.41, 5.74) is 3.53. The van der Waals surface area contributed by atoms with Gasteiger partial charge in [0.15, 0.2) is 5.11 Å². The number of thiocarbonyl (C=S) groups is 1. The predicted molar refractivity (Wildman–Crippen MR) is 55.6 cm³/mol. The molecule has 1 rings (SSSR count). The summed E-state index contributed by atoms with van der Waals surface area (Å²) in [6.07, 6.45) is 4.87. The largest absolute Gasteiger partial charge is 0.354 e. The number of hydrazone groups is 1. The highest BCUT2D eigenvalue weighted by Gasteiger charge is 1.93. The van der Waals surface area contributed by atoms with Crippen LogP contribution in [0.15, 0.2) is 17.6 Å². The molecule has 0 radical (unpaired) electrons. The normalized spacial score (nSPS) is 10.3. The maximum atomic E-state index is 4.95. The molecule has 0 aliphatic heterocycles. The Morgan fingerprint density at radius 3 is 3.08 bits per heavy atom. The molecular formula is C7H11N5S. The van der Waals surface area contributed by atoms with Gasteiger partial charge in [-0.3, -0.25) is 5.43 Å². The van der Waals surface area contributed by atoms with E-state index in [1.54, 1.807) is 23.6 Å². The van der Waals surface area contributed by atoms with Gasteiger partial charge in [-0.1, -0.05) is 0 Å². The van der Waals surface area contributed by atoms with Crippen molar-refractivity contribution in [3.05, 3.63) is 18.2 Å². The Morgan fingerprint density at radius 1 is 1.77 bits per heavy atom. The third-order valence-electron chi connectivity index (χ3n) is 1.29. The first-order valence-electron chi connectivity index (χ1n) is 3.69. The maximum Gasteiger partial charge on any atom is 0.189 e. The molecular weight excluding hydrogens is 186 g/mol. The number of hydrogen-bond donors (Lipinski definition) is 2. The van der Waals surface area contributed by atoms with Crippen molar-refractivity contribution in [1.29, 1.82) is 0 Å². The van der Waals surface area contributed by atoms with Gasteiger partial charge >= 0.3 is 0 Å². The SMILES string of the molecule is CN(C)C(=S)N/N=C/c1cnc[nH]1. The van der Waals surface area contributed by atoms with Crippen LogP contribution in [-0.2, 0) is 0 Å².